The first kappa shape index (κ1) is 23.3. The fourth-order valence-electron chi connectivity index (χ4n) is 3.66. The molecule has 0 radical (unpaired) electrons. The van der Waals surface area contributed by atoms with Crippen LogP contribution in [-0.4, -0.2) is 17.0 Å². The van der Waals surface area contributed by atoms with Gasteiger partial charge in [-0.15, -0.1) is 5.10 Å². The number of amidine groups is 1. The monoisotopic (exact) mass is 499 g/mol. The highest BCUT2D eigenvalue weighted by molar-refractivity contribution is 8.19. The van der Waals surface area contributed by atoms with E-state index in [0.29, 0.717) is 27.1 Å². The molecule has 1 saturated heterocycles. The van der Waals surface area contributed by atoms with E-state index in [1.807, 2.05) is 19.1 Å². The standard InChI is InChI=1S/C27H18FN3O4S/c1-16-6-2-4-8-21(16)31-25(33)23(14-17-10-12-19(28)13-11-17)36-27(31)30-29-24(32)20-15-18-7-3-5-9-22(18)35-26(20)34/h2-15H,1H3,(H,29,32)/b23-14-,30-27-. The second kappa shape index (κ2) is 9.63. The summed E-state index contributed by atoms with van der Waals surface area (Å²) in [7, 11) is 0. The topological polar surface area (TPSA) is 92.0 Å². The van der Waals surface area contributed by atoms with E-state index in [1.165, 1.54) is 23.1 Å². The highest BCUT2D eigenvalue weighted by Crippen LogP contribution is 2.37. The van der Waals surface area contributed by atoms with Crippen molar-refractivity contribution in [3.05, 3.63) is 117 Å². The predicted molar refractivity (Wildman–Crippen MR) is 138 cm³/mol. The molecule has 1 aliphatic rings. The van der Waals surface area contributed by atoms with Crippen LogP contribution in [0.25, 0.3) is 17.0 Å². The van der Waals surface area contributed by atoms with Crippen molar-refractivity contribution in [1.82, 2.24) is 5.43 Å². The molecule has 9 heteroatoms. The van der Waals surface area contributed by atoms with E-state index in [4.69, 9.17) is 4.42 Å². The second-order valence-corrected chi connectivity index (χ2v) is 8.92. The van der Waals surface area contributed by atoms with Crippen LogP contribution in [-0.2, 0) is 4.79 Å². The van der Waals surface area contributed by atoms with E-state index in [2.05, 4.69) is 10.5 Å². The maximum Gasteiger partial charge on any atom is 0.349 e. The van der Waals surface area contributed by atoms with Crippen LogP contribution >= 0.6 is 11.8 Å². The summed E-state index contributed by atoms with van der Waals surface area (Å²) in [5.41, 5.74) is 3.78. The molecule has 36 heavy (non-hydrogen) atoms. The number of hydrazone groups is 1. The molecular formula is C27H18FN3O4S. The van der Waals surface area contributed by atoms with Crippen molar-refractivity contribution in [2.75, 3.05) is 4.90 Å². The Bertz CT molecular complexity index is 1630. The molecule has 0 aliphatic carbocycles. The second-order valence-electron chi connectivity index (χ2n) is 7.91. The van der Waals surface area contributed by atoms with Gasteiger partial charge in [0.2, 0.25) is 0 Å². The number of fused-ring (bicyclic) bond motifs is 1. The van der Waals surface area contributed by atoms with Crippen LogP contribution in [0, 0.1) is 12.7 Å². The lowest BCUT2D eigenvalue weighted by Crippen LogP contribution is -2.32. The van der Waals surface area contributed by atoms with Gasteiger partial charge in [-0.1, -0.05) is 48.5 Å². The van der Waals surface area contributed by atoms with Crippen molar-refractivity contribution in [2.24, 2.45) is 5.10 Å². The molecule has 2 amide bonds. The van der Waals surface area contributed by atoms with E-state index in [1.54, 1.807) is 54.6 Å². The number of aryl methyl sites for hydroxylation is 1. The number of para-hydroxylation sites is 2. The van der Waals surface area contributed by atoms with Gasteiger partial charge in [-0.05, 0) is 66.2 Å². The third-order valence-electron chi connectivity index (χ3n) is 5.47. The molecular weight excluding hydrogens is 481 g/mol. The SMILES string of the molecule is Cc1ccccc1N1C(=O)/C(=C/c2ccc(F)cc2)S/C1=N\NC(=O)c1cc2ccccc2oc1=O. The molecule has 1 fully saturated rings. The molecule has 5 rings (SSSR count). The van der Waals surface area contributed by atoms with Crippen LogP contribution in [0.15, 0.2) is 98.1 Å². The number of benzene rings is 3. The van der Waals surface area contributed by atoms with E-state index < -0.39 is 11.5 Å². The lowest BCUT2D eigenvalue weighted by Gasteiger charge is -2.17. The average molecular weight is 500 g/mol. The molecule has 1 aliphatic heterocycles. The summed E-state index contributed by atoms with van der Waals surface area (Å²) in [6.45, 7) is 1.85. The van der Waals surface area contributed by atoms with Gasteiger partial charge in [-0.2, -0.15) is 0 Å². The first-order valence-corrected chi connectivity index (χ1v) is 11.7. The van der Waals surface area contributed by atoms with Crippen LogP contribution in [0.5, 0.6) is 0 Å². The van der Waals surface area contributed by atoms with Gasteiger partial charge in [0.05, 0.1) is 10.6 Å². The van der Waals surface area contributed by atoms with E-state index >= 15 is 0 Å². The Morgan fingerprint density at radius 1 is 1.03 bits per heavy atom. The van der Waals surface area contributed by atoms with Crippen molar-refractivity contribution in [3.8, 4) is 0 Å². The smallest absolute Gasteiger partial charge is 0.349 e. The van der Waals surface area contributed by atoms with Crippen molar-refractivity contribution in [2.45, 2.75) is 6.92 Å². The van der Waals surface area contributed by atoms with Gasteiger partial charge in [0, 0.05) is 5.39 Å². The molecule has 2 heterocycles. The van der Waals surface area contributed by atoms with Crippen LogP contribution < -0.4 is 16.0 Å². The van der Waals surface area contributed by atoms with Crippen LogP contribution in [0.3, 0.4) is 0 Å². The highest BCUT2D eigenvalue weighted by atomic mass is 32.2. The number of rotatable bonds is 4. The molecule has 4 aromatic rings. The van der Waals surface area contributed by atoms with Crippen molar-refractivity contribution < 1.29 is 18.4 Å². The number of amides is 2. The van der Waals surface area contributed by atoms with Gasteiger partial charge in [-0.25, -0.2) is 14.6 Å². The lowest BCUT2D eigenvalue weighted by molar-refractivity contribution is -0.113. The minimum atomic E-state index is -0.797. The normalized spacial score (nSPS) is 15.7. The highest BCUT2D eigenvalue weighted by Gasteiger charge is 2.35. The van der Waals surface area contributed by atoms with Gasteiger partial charge in [0.1, 0.15) is 17.0 Å². The van der Waals surface area contributed by atoms with Crippen LogP contribution in [0.1, 0.15) is 21.5 Å². The molecule has 0 bridgehead atoms. The number of hydrogen-bond acceptors (Lipinski definition) is 6. The zero-order valence-corrected chi connectivity index (χ0v) is 19.7. The van der Waals surface area contributed by atoms with Crippen molar-refractivity contribution >= 4 is 51.5 Å². The summed E-state index contributed by atoms with van der Waals surface area (Å²) < 4.78 is 18.5. The Hall–Kier alpha value is -4.50. The zero-order valence-electron chi connectivity index (χ0n) is 18.9. The Morgan fingerprint density at radius 3 is 2.53 bits per heavy atom. The molecule has 7 nitrogen and oxygen atoms in total. The number of hydrogen-bond donors (Lipinski definition) is 1. The van der Waals surface area contributed by atoms with Gasteiger partial charge < -0.3 is 4.42 Å². The molecule has 0 spiro atoms. The van der Waals surface area contributed by atoms with Crippen LogP contribution in [0.4, 0.5) is 10.1 Å². The van der Waals surface area contributed by atoms with E-state index in [0.717, 1.165) is 17.3 Å². The van der Waals surface area contributed by atoms with Crippen molar-refractivity contribution in [1.29, 1.82) is 0 Å². The number of carbonyl (C=O) groups excluding carboxylic acids is 2. The molecule has 178 valence electrons. The summed E-state index contributed by atoms with van der Waals surface area (Å²) in [6, 6.07) is 21.3. The molecule has 1 N–H and O–H groups in total. The molecule has 0 atom stereocenters. The number of anilines is 1. The number of halogens is 1. The minimum absolute atomic E-state index is 0.196. The maximum absolute atomic E-state index is 13.4. The summed E-state index contributed by atoms with van der Waals surface area (Å²) in [5.74, 6) is -1.50. The van der Waals surface area contributed by atoms with E-state index in [9.17, 15) is 18.8 Å². The lowest BCUT2D eigenvalue weighted by atomic mass is 10.1. The molecule has 0 saturated carbocycles. The van der Waals surface area contributed by atoms with Gasteiger partial charge in [0.25, 0.3) is 11.8 Å². The quantitative estimate of drug-likeness (QED) is 0.241. The summed E-state index contributed by atoms with van der Waals surface area (Å²) >= 11 is 1.05. The Balaban J connectivity index is 1.50. The average Bonchev–Trinajstić information content (AvgIpc) is 3.18. The Labute approximate surface area is 208 Å². The van der Waals surface area contributed by atoms with E-state index in [-0.39, 0.29) is 22.5 Å². The van der Waals surface area contributed by atoms with Gasteiger partial charge >= 0.3 is 5.63 Å². The first-order chi connectivity index (χ1) is 17.4. The molecule has 0 unspecified atom stereocenters. The Morgan fingerprint density at radius 2 is 1.75 bits per heavy atom. The Kier molecular flexibility index (Phi) is 6.22. The van der Waals surface area contributed by atoms with Gasteiger partial charge in [-0.3, -0.25) is 14.5 Å². The number of nitrogens with one attached hydrogen (secondary N) is 1. The summed E-state index contributed by atoms with van der Waals surface area (Å²) in [4.78, 5) is 40.3. The van der Waals surface area contributed by atoms with Crippen LogP contribution in [0.2, 0.25) is 0 Å². The summed E-state index contributed by atoms with van der Waals surface area (Å²) in [6.07, 6.45) is 1.63. The van der Waals surface area contributed by atoms with Crippen molar-refractivity contribution in [3.63, 3.8) is 0 Å². The number of thioether (sulfide) groups is 1. The number of nitrogens with zero attached hydrogens (tertiary/aromatic N) is 2. The largest absolute Gasteiger partial charge is 0.422 e. The fourth-order valence-corrected chi connectivity index (χ4v) is 4.60. The third-order valence-corrected chi connectivity index (χ3v) is 6.44. The third kappa shape index (κ3) is 4.56. The predicted octanol–water partition coefficient (Wildman–Crippen LogP) is 5.06. The summed E-state index contributed by atoms with van der Waals surface area (Å²) in [5, 5.41) is 4.96. The molecule has 1 aromatic heterocycles. The minimum Gasteiger partial charge on any atom is -0.422 e. The maximum atomic E-state index is 13.4. The molecule has 3 aromatic carbocycles. The zero-order chi connectivity index (χ0) is 25.2. The first-order valence-electron chi connectivity index (χ1n) is 10.9. The number of carbonyl (C=O) groups is 2. The van der Waals surface area contributed by atoms with Gasteiger partial charge in [0.15, 0.2) is 5.17 Å². The fraction of sp³-hybridized carbons (Fsp3) is 0.0370.